The summed E-state index contributed by atoms with van der Waals surface area (Å²) in [5, 5.41) is 3.29. The molecule has 1 N–H and O–H groups in total. The monoisotopic (exact) mass is 355 g/mol. The van der Waals surface area contributed by atoms with Crippen LogP contribution in [0.2, 0.25) is 0 Å². The summed E-state index contributed by atoms with van der Waals surface area (Å²) in [7, 11) is 1.60. The van der Waals surface area contributed by atoms with Crippen LogP contribution in [0.5, 0.6) is 0 Å². The maximum atomic E-state index is 13.3. The molecule has 0 spiro atoms. The Kier molecular flexibility index (Phi) is 5.19. The van der Waals surface area contributed by atoms with Crippen LogP contribution < -0.4 is 5.32 Å². The van der Waals surface area contributed by atoms with E-state index in [4.69, 9.17) is 0 Å². The third kappa shape index (κ3) is 3.91. The molecule has 3 aromatic rings. The Morgan fingerprint density at radius 3 is 2.48 bits per heavy atom. The molecule has 0 bridgehead atoms. The zero-order valence-corrected chi connectivity index (χ0v) is 14.8. The largest absolute Gasteiger partial charge is 0.358 e. The van der Waals surface area contributed by atoms with Crippen molar-refractivity contribution in [3.63, 3.8) is 0 Å². The average molecular weight is 355 g/mol. The van der Waals surface area contributed by atoms with Crippen LogP contribution in [0.4, 0.5) is 4.39 Å². The zero-order valence-electron chi connectivity index (χ0n) is 14.0. The molecule has 0 unspecified atom stereocenters. The summed E-state index contributed by atoms with van der Waals surface area (Å²) >= 11 is 1.34. The fourth-order valence-corrected chi connectivity index (χ4v) is 3.27. The quantitative estimate of drug-likeness (QED) is 0.708. The van der Waals surface area contributed by atoms with E-state index in [0.29, 0.717) is 5.16 Å². The summed E-state index contributed by atoms with van der Waals surface area (Å²) in [6, 6.07) is 14.4. The first kappa shape index (κ1) is 17.2. The van der Waals surface area contributed by atoms with E-state index in [0.717, 1.165) is 16.9 Å². The van der Waals surface area contributed by atoms with Gasteiger partial charge in [0, 0.05) is 18.3 Å². The summed E-state index contributed by atoms with van der Waals surface area (Å²) in [5.41, 5.74) is 3.87. The third-order valence-corrected chi connectivity index (χ3v) is 4.73. The van der Waals surface area contributed by atoms with Crippen molar-refractivity contribution in [1.82, 2.24) is 14.9 Å². The van der Waals surface area contributed by atoms with Gasteiger partial charge in [-0.2, -0.15) is 0 Å². The first-order valence-electron chi connectivity index (χ1n) is 7.82. The molecule has 1 heterocycles. The van der Waals surface area contributed by atoms with E-state index in [-0.39, 0.29) is 17.5 Å². The molecule has 6 heteroatoms. The van der Waals surface area contributed by atoms with Gasteiger partial charge in [-0.1, -0.05) is 41.6 Å². The van der Waals surface area contributed by atoms with Gasteiger partial charge in [0.1, 0.15) is 5.82 Å². The number of thioether (sulfide) groups is 1. The number of amides is 1. The maximum absolute atomic E-state index is 13.3. The molecule has 25 heavy (non-hydrogen) atoms. The molecule has 0 aliphatic carbocycles. The maximum Gasteiger partial charge on any atom is 0.230 e. The lowest BCUT2D eigenvalue weighted by molar-refractivity contribution is -0.118. The molecule has 128 valence electrons. The molecule has 1 amide bonds. The van der Waals surface area contributed by atoms with Gasteiger partial charge in [0.05, 0.1) is 17.6 Å². The molecule has 0 saturated heterocycles. The van der Waals surface area contributed by atoms with Crippen LogP contribution in [-0.4, -0.2) is 28.3 Å². The predicted molar refractivity (Wildman–Crippen MR) is 98.5 cm³/mol. The number of imidazole rings is 1. The van der Waals surface area contributed by atoms with E-state index in [2.05, 4.69) is 10.3 Å². The smallest absolute Gasteiger partial charge is 0.230 e. The van der Waals surface area contributed by atoms with Gasteiger partial charge in [0.25, 0.3) is 0 Å². The lowest BCUT2D eigenvalue weighted by atomic mass is 10.1. The second-order valence-electron chi connectivity index (χ2n) is 5.57. The van der Waals surface area contributed by atoms with Crippen LogP contribution in [0.3, 0.4) is 0 Å². The Bertz CT molecular complexity index is 873. The fraction of sp³-hybridized carbons (Fsp3) is 0.158. The molecular formula is C19H18FN3OS. The summed E-state index contributed by atoms with van der Waals surface area (Å²) in [6.45, 7) is 2.03. The highest BCUT2D eigenvalue weighted by atomic mass is 32.2. The minimum Gasteiger partial charge on any atom is -0.358 e. The Hall–Kier alpha value is -2.60. The van der Waals surface area contributed by atoms with Crippen molar-refractivity contribution in [2.75, 3.05) is 12.8 Å². The standard InChI is InChI=1S/C19H18FN3OS/c1-13-3-5-14(6-4-13)17-11-22-19(25-12-18(24)21-2)23(17)16-9-7-15(20)8-10-16/h3-11H,12H2,1-2H3,(H,21,24). The molecule has 0 saturated carbocycles. The molecule has 2 aromatic carbocycles. The molecule has 0 radical (unpaired) electrons. The summed E-state index contributed by atoms with van der Waals surface area (Å²) < 4.78 is 15.3. The number of carbonyl (C=O) groups is 1. The first-order valence-corrected chi connectivity index (χ1v) is 8.81. The molecule has 0 aliphatic rings. The van der Waals surface area contributed by atoms with Gasteiger partial charge >= 0.3 is 0 Å². The number of carbonyl (C=O) groups excluding carboxylic acids is 1. The van der Waals surface area contributed by atoms with Gasteiger partial charge in [-0.3, -0.25) is 9.36 Å². The van der Waals surface area contributed by atoms with Crippen LogP contribution in [0, 0.1) is 12.7 Å². The van der Waals surface area contributed by atoms with Gasteiger partial charge in [0.2, 0.25) is 5.91 Å². The molecule has 4 nitrogen and oxygen atoms in total. The number of aryl methyl sites for hydroxylation is 1. The van der Waals surface area contributed by atoms with Crippen molar-refractivity contribution in [3.05, 3.63) is 66.1 Å². The fourth-order valence-electron chi connectivity index (χ4n) is 2.41. The first-order chi connectivity index (χ1) is 12.1. The summed E-state index contributed by atoms with van der Waals surface area (Å²) in [6.07, 6.45) is 1.78. The van der Waals surface area contributed by atoms with Crippen molar-refractivity contribution in [2.45, 2.75) is 12.1 Å². The lowest BCUT2D eigenvalue weighted by Crippen LogP contribution is -2.20. The zero-order chi connectivity index (χ0) is 17.8. The number of nitrogens with one attached hydrogen (secondary N) is 1. The molecule has 0 atom stereocenters. The second-order valence-corrected chi connectivity index (χ2v) is 6.51. The number of nitrogens with zero attached hydrogens (tertiary/aromatic N) is 2. The highest BCUT2D eigenvalue weighted by Gasteiger charge is 2.15. The van der Waals surface area contributed by atoms with Crippen LogP contribution in [0.1, 0.15) is 5.56 Å². The lowest BCUT2D eigenvalue weighted by Gasteiger charge is -2.12. The normalized spacial score (nSPS) is 10.7. The average Bonchev–Trinajstić information content (AvgIpc) is 3.05. The number of rotatable bonds is 5. The minimum atomic E-state index is -0.291. The van der Waals surface area contributed by atoms with Crippen LogP contribution in [0.15, 0.2) is 59.9 Å². The van der Waals surface area contributed by atoms with Crippen LogP contribution >= 0.6 is 11.8 Å². The number of benzene rings is 2. The van der Waals surface area contributed by atoms with Gasteiger partial charge in [0.15, 0.2) is 5.16 Å². The van der Waals surface area contributed by atoms with Gasteiger partial charge in [-0.15, -0.1) is 0 Å². The van der Waals surface area contributed by atoms with E-state index in [1.54, 1.807) is 25.4 Å². The molecule has 3 rings (SSSR count). The van der Waals surface area contributed by atoms with Crippen LogP contribution in [0.25, 0.3) is 16.9 Å². The van der Waals surface area contributed by atoms with Crippen molar-refractivity contribution < 1.29 is 9.18 Å². The number of halogens is 1. The SMILES string of the molecule is CNC(=O)CSc1ncc(-c2ccc(C)cc2)n1-c1ccc(F)cc1. The highest BCUT2D eigenvalue weighted by molar-refractivity contribution is 7.99. The Balaban J connectivity index is 2.05. The Morgan fingerprint density at radius 2 is 1.84 bits per heavy atom. The molecular weight excluding hydrogens is 337 g/mol. The van der Waals surface area contributed by atoms with Crippen molar-refractivity contribution in [1.29, 1.82) is 0 Å². The van der Waals surface area contributed by atoms with Crippen molar-refractivity contribution in [3.8, 4) is 16.9 Å². The van der Waals surface area contributed by atoms with E-state index >= 15 is 0 Å². The predicted octanol–water partition coefficient (Wildman–Crippen LogP) is 3.82. The van der Waals surface area contributed by atoms with Crippen LogP contribution in [-0.2, 0) is 4.79 Å². The minimum absolute atomic E-state index is 0.0736. The summed E-state index contributed by atoms with van der Waals surface area (Å²) in [4.78, 5) is 16.0. The second kappa shape index (κ2) is 7.53. The topological polar surface area (TPSA) is 46.9 Å². The highest BCUT2D eigenvalue weighted by Crippen LogP contribution is 2.30. The molecule has 0 fully saturated rings. The van der Waals surface area contributed by atoms with Gasteiger partial charge < -0.3 is 5.32 Å². The van der Waals surface area contributed by atoms with E-state index in [1.807, 2.05) is 35.8 Å². The van der Waals surface area contributed by atoms with Gasteiger partial charge in [-0.25, -0.2) is 9.37 Å². The number of aromatic nitrogens is 2. The third-order valence-electron chi connectivity index (χ3n) is 3.77. The van der Waals surface area contributed by atoms with E-state index in [9.17, 15) is 9.18 Å². The summed E-state index contributed by atoms with van der Waals surface area (Å²) in [5.74, 6) is -0.0990. The number of hydrogen-bond donors (Lipinski definition) is 1. The van der Waals surface area contributed by atoms with Gasteiger partial charge in [-0.05, 0) is 31.2 Å². The Morgan fingerprint density at radius 1 is 1.16 bits per heavy atom. The molecule has 0 aliphatic heterocycles. The van der Waals surface area contributed by atoms with Crippen molar-refractivity contribution >= 4 is 17.7 Å². The number of hydrogen-bond acceptors (Lipinski definition) is 3. The van der Waals surface area contributed by atoms with E-state index < -0.39 is 0 Å². The Labute approximate surface area is 150 Å². The molecule has 1 aromatic heterocycles. The van der Waals surface area contributed by atoms with E-state index in [1.165, 1.54) is 29.5 Å². The van der Waals surface area contributed by atoms with Crippen molar-refractivity contribution in [2.24, 2.45) is 0 Å².